The normalized spacial score (nSPS) is 32.6. The van der Waals surface area contributed by atoms with Gasteiger partial charge in [-0.25, -0.2) is 0 Å². The van der Waals surface area contributed by atoms with Crippen molar-refractivity contribution in [3.8, 4) is 0 Å². The predicted molar refractivity (Wildman–Crippen MR) is 68.6 cm³/mol. The van der Waals surface area contributed by atoms with Crippen LogP contribution in [-0.2, 0) is 12.1 Å². The van der Waals surface area contributed by atoms with Gasteiger partial charge >= 0.3 is 0 Å². The minimum Gasteiger partial charge on any atom is -0.385 e. The molecule has 17 heavy (non-hydrogen) atoms. The van der Waals surface area contributed by atoms with Crippen LogP contribution in [0, 0.1) is 11.3 Å². The molecule has 96 valence electrons. The summed E-state index contributed by atoms with van der Waals surface area (Å²) in [6.45, 7) is 9.66. The molecule has 1 N–H and O–H groups in total. The van der Waals surface area contributed by atoms with Crippen LogP contribution in [0.5, 0.6) is 0 Å². The van der Waals surface area contributed by atoms with Crippen LogP contribution in [0.15, 0.2) is 12.4 Å². The molecule has 1 aromatic rings. The number of aryl methyl sites for hydroxylation is 1. The molecule has 2 rings (SSSR count). The van der Waals surface area contributed by atoms with Crippen LogP contribution in [0.1, 0.15) is 52.5 Å². The van der Waals surface area contributed by atoms with Gasteiger partial charge in [0.05, 0.1) is 11.8 Å². The summed E-state index contributed by atoms with van der Waals surface area (Å²) in [6, 6.07) is 0. The molecule has 3 nitrogen and oxygen atoms in total. The van der Waals surface area contributed by atoms with E-state index in [1.807, 2.05) is 17.1 Å². The Morgan fingerprint density at radius 1 is 1.47 bits per heavy atom. The molecule has 0 amide bonds. The predicted octanol–water partition coefficient (Wildman–Crippen LogP) is 2.94. The van der Waals surface area contributed by atoms with E-state index in [1.165, 1.54) is 0 Å². The number of hydrogen-bond acceptors (Lipinski definition) is 2. The lowest BCUT2D eigenvalue weighted by atomic mass is 9.64. The third-order valence-electron chi connectivity index (χ3n) is 4.31. The van der Waals surface area contributed by atoms with Crippen LogP contribution >= 0.6 is 0 Å². The van der Waals surface area contributed by atoms with E-state index in [2.05, 4.69) is 32.8 Å². The lowest BCUT2D eigenvalue weighted by Gasteiger charge is -2.44. The molecule has 0 aromatic carbocycles. The zero-order valence-corrected chi connectivity index (χ0v) is 11.4. The molecule has 0 aliphatic heterocycles. The van der Waals surface area contributed by atoms with Gasteiger partial charge in [0, 0.05) is 18.3 Å². The highest BCUT2D eigenvalue weighted by atomic mass is 16.3. The van der Waals surface area contributed by atoms with E-state index < -0.39 is 5.60 Å². The molecule has 0 radical (unpaired) electrons. The fraction of sp³-hybridized carbons (Fsp3) is 0.786. The molecule has 2 unspecified atom stereocenters. The zero-order chi connectivity index (χ0) is 12.7. The van der Waals surface area contributed by atoms with Crippen molar-refractivity contribution in [3.63, 3.8) is 0 Å². The van der Waals surface area contributed by atoms with Gasteiger partial charge in [0.15, 0.2) is 0 Å². The van der Waals surface area contributed by atoms with Crippen LogP contribution in [0.2, 0.25) is 0 Å². The Labute approximate surface area is 104 Å². The van der Waals surface area contributed by atoms with Gasteiger partial charge in [0.25, 0.3) is 0 Å². The number of aromatic nitrogens is 2. The summed E-state index contributed by atoms with van der Waals surface area (Å²) in [4.78, 5) is 0. The van der Waals surface area contributed by atoms with Crippen molar-refractivity contribution in [3.05, 3.63) is 18.0 Å². The van der Waals surface area contributed by atoms with Crippen molar-refractivity contribution < 1.29 is 5.11 Å². The van der Waals surface area contributed by atoms with Crippen molar-refractivity contribution in [2.75, 3.05) is 0 Å². The van der Waals surface area contributed by atoms with Gasteiger partial charge in [-0.15, -0.1) is 0 Å². The molecule has 2 atom stereocenters. The fourth-order valence-corrected chi connectivity index (χ4v) is 3.06. The van der Waals surface area contributed by atoms with Gasteiger partial charge in [0.2, 0.25) is 0 Å². The van der Waals surface area contributed by atoms with Gasteiger partial charge in [0.1, 0.15) is 0 Å². The van der Waals surface area contributed by atoms with E-state index in [1.54, 1.807) is 0 Å². The van der Waals surface area contributed by atoms with Crippen molar-refractivity contribution in [1.82, 2.24) is 9.78 Å². The van der Waals surface area contributed by atoms with Gasteiger partial charge < -0.3 is 5.11 Å². The van der Waals surface area contributed by atoms with Gasteiger partial charge in [-0.05, 0) is 37.5 Å². The lowest BCUT2D eigenvalue weighted by Crippen LogP contribution is -2.41. The summed E-state index contributed by atoms with van der Waals surface area (Å²) in [6.07, 6.45) is 6.82. The molecule has 1 heterocycles. The van der Waals surface area contributed by atoms with Gasteiger partial charge in [-0.1, -0.05) is 20.8 Å². The summed E-state index contributed by atoms with van der Waals surface area (Å²) in [5, 5.41) is 15.2. The van der Waals surface area contributed by atoms with E-state index in [0.717, 1.165) is 31.4 Å². The van der Waals surface area contributed by atoms with Crippen molar-refractivity contribution in [2.45, 2.75) is 59.1 Å². The first-order valence-electron chi connectivity index (χ1n) is 6.63. The van der Waals surface area contributed by atoms with Crippen molar-refractivity contribution in [1.29, 1.82) is 0 Å². The minimum atomic E-state index is -0.678. The second-order valence-electron chi connectivity index (χ2n) is 6.28. The minimum absolute atomic E-state index is 0.292. The highest BCUT2D eigenvalue weighted by Gasteiger charge is 2.44. The molecule has 0 spiro atoms. The third kappa shape index (κ3) is 2.25. The highest BCUT2D eigenvalue weighted by Crippen LogP contribution is 2.48. The molecular weight excluding hydrogens is 212 g/mol. The average molecular weight is 236 g/mol. The number of rotatable bonds is 2. The Balaban J connectivity index is 2.24. The second-order valence-corrected chi connectivity index (χ2v) is 6.28. The molecule has 1 saturated carbocycles. The Bertz CT molecular complexity index is 397. The topological polar surface area (TPSA) is 38.0 Å². The number of hydrogen-bond donors (Lipinski definition) is 1. The monoisotopic (exact) mass is 236 g/mol. The second kappa shape index (κ2) is 4.13. The lowest BCUT2D eigenvalue weighted by molar-refractivity contribution is -0.0770. The summed E-state index contributed by atoms with van der Waals surface area (Å²) >= 11 is 0. The van der Waals surface area contributed by atoms with E-state index in [0.29, 0.717) is 11.3 Å². The smallest absolute Gasteiger partial charge is 0.0952 e. The van der Waals surface area contributed by atoms with Gasteiger partial charge in [-0.2, -0.15) is 5.10 Å². The van der Waals surface area contributed by atoms with Gasteiger partial charge in [-0.3, -0.25) is 4.68 Å². The van der Waals surface area contributed by atoms with E-state index in [9.17, 15) is 5.11 Å². The van der Waals surface area contributed by atoms with Crippen LogP contribution < -0.4 is 0 Å². The maximum absolute atomic E-state index is 10.9. The summed E-state index contributed by atoms with van der Waals surface area (Å²) in [5.74, 6) is 0.292. The maximum atomic E-state index is 10.9. The van der Waals surface area contributed by atoms with Crippen molar-refractivity contribution >= 4 is 0 Å². The Morgan fingerprint density at radius 3 is 2.71 bits per heavy atom. The average Bonchev–Trinajstić information content (AvgIpc) is 2.72. The fourth-order valence-electron chi connectivity index (χ4n) is 3.06. The standard InChI is InChI=1S/C14H24N2O/c1-5-16-10-12(9-15-16)14(17)7-6-13(3,4)8-11(14)2/h9-11,17H,5-8H2,1-4H3. The maximum Gasteiger partial charge on any atom is 0.0952 e. The summed E-state index contributed by atoms with van der Waals surface area (Å²) in [5.41, 5.74) is 0.664. The molecule has 1 fully saturated rings. The van der Waals surface area contributed by atoms with Crippen molar-refractivity contribution in [2.24, 2.45) is 11.3 Å². The first kappa shape index (κ1) is 12.6. The van der Waals surface area contributed by atoms with E-state index in [-0.39, 0.29) is 0 Å². The molecule has 3 heteroatoms. The third-order valence-corrected chi connectivity index (χ3v) is 4.31. The Hall–Kier alpha value is -0.830. The van der Waals surface area contributed by atoms with E-state index in [4.69, 9.17) is 0 Å². The molecule has 0 saturated heterocycles. The SMILES string of the molecule is CCn1cc(C2(O)CCC(C)(C)CC2C)cn1. The molecular formula is C14H24N2O. The van der Waals surface area contributed by atoms with Crippen LogP contribution in [-0.4, -0.2) is 14.9 Å². The van der Waals surface area contributed by atoms with Crippen LogP contribution in [0.3, 0.4) is 0 Å². The molecule has 1 aliphatic rings. The molecule has 1 aromatic heterocycles. The number of aliphatic hydroxyl groups is 1. The van der Waals surface area contributed by atoms with Crippen LogP contribution in [0.25, 0.3) is 0 Å². The highest BCUT2D eigenvalue weighted by molar-refractivity contribution is 5.18. The zero-order valence-electron chi connectivity index (χ0n) is 11.4. The van der Waals surface area contributed by atoms with E-state index >= 15 is 0 Å². The summed E-state index contributed by atoms with van der Waals surface area (Å²) in [7, 11) is 0. The Morgan fingerprint density at radius 2 is 2.18 bits per heavy atom. The summed E-state index contributed by atoms with van der Waals surface area (Å²) < 4.78 is 1.89. The van der Waals surface area contributed by atoms with Crippen LogP contribution in [0.4, 0.5) is 0 Å². The Kier molecular flexibility index (Phi) is 3.06. The quantitative estimate of drug-likeness (QED) is 0.857. The molecule has 1 aliphatic carbocycles. The number of nitrogens with zero attached hydrogens (tertiary/aromatic N) is 2. The first-order chi connectivity index (χ1) is 7.87. The first-order valence-corrected chi connectivity index (χ1v) is 6.63. The molecule has 0 bridgehead atoms. The largest absolute Gasteiger partial charge is 0.385 e.